The first-order valence-corrected chi connectivity index (χ1v) is 27.0. The summed E-state index contributed by atoms with van der Waals surface area (Å²) in [6, 6.07) is 69.5. The number of hydrogen-bond acceptors (Lipinski definition) is 4. The van der Waals surface area contributed by atoms with Gasteiger partial charge in [0.2, 0.25) is 0 Å². The Hall–Kier alpha value is -6.66. The number of nitrogens with one attached hydrogen (secondary N) is 6. The molecule has 0 saturated heterocycles. The van der Waals surface area contributed by atoms with Crippen LogP contribution in [-0.2, 0) is 0 Å². The number of fused-ring (bicyclic) bond motifs is 16. The normalized spacial score (nSPS) is 11.8. The zero-order valence-electron chi connectivity index (χ0n) is 37.0. The molecule has 0 amide bonds. The van der Waals surface area contributed by atoms with Crippen molar-refractivity contribution in [2.75, 3.05) is 0 Å². The molecule has 0 radical (unpaired) electrons. The molecule has 14 rings (SSSR count). The van der Waals surface area contributed by atoms with Gasteiger partial charge in [0.15, 0.2) is 0 Å². The molecule has 70 heavy (non-hydrogen) atoms. The number of benzene rings is 8. The van der Waals surface area contributed by atoms with Crippen molar-refractivity contribution in [2.45, 2.75) is 39.2 Å². The van der Waals surface area contributed by atoms with E-state index in [0.29, 0.717) is 0 Å². The first-order valence-electron chi connectivity index (χ1n) is 22.7. The fourth-order valence-corrected chi connectivity index (χ4v) is 15.2. The molecule has 6 aromatic heterocycles. The van der Waals surface area contributed by atoms with E-state index in [1.54, 1.807) is 47.0 Å². The molecule has 0 unspecified atom stereocenters. The monoisotopic (exact) mass is 1010 g/mol. The third-order valence-electron chi connectivity index (χ3n) is 12.7. The average molecular weight is 1010 g/mol. The van der Waals surface area contributed by atoms with Gasteiger partial charge in [-0.1, -0.05) is 0 Å². The molecule has 0 aliphatic rings. The fraction of sp³-hybridized carbons (Fsp3) is 0. The zero-order chi connectivity index (χ0) is 45.4. The standard InChI is InChI=1S/C56H38N8S4.Al.ClH/c1-5-17-33(18-6-1)65-41-29-13-25-37-45(41)53-57-49(37)62-54-47-39(27-15-31-43(47)67-35-21-9-3-10-22-35)51(59-54)64-56-48-40(28-16-32-44(48)68-36-23-11-4-12-24-36)52(60-56)63-55-46-38(50(58-55)61-53)26-14-30-42(46)66-34-19-7-2-8-20-34;;/h1-32,57,60-64H;;1H/q-2;+3;/p-1. The van der Waals surface area contributed by atoms with Gasteiger partial charge < -0.3 is 12.4 Å². The molecule has 14 aromatic rings. The van der Waals surface area contributed by atoms with Gasteiger partial charge in [-0.3, -0.25) is 0 Å². The summed E-state index contributed by atoms with van der Waals surface area (Å²) in [6.07, 6.45) is 0. The van der Waals surface area contributed by atoms with Crippen LogP contribution in [-0.4, -0.2) is 51.9 Å². The van der Waals surface area contributed by atoms with E-state index in [2.05, 4.69) is 231 Å². The first kappa shape index (κ1) is 43.4. The Morgan fingerprint density at radius 2 is 0.571 bits per heavy atom. The molecule has 0 saturated carbocycles. The van der Waals surface area contributed by atoms with Gasteiger partial charge in [0.25, 0.3) is 0 Å². The molecule has 0 atom stereocenters. The number of aromatic nitrogens is 8. The molecule has 6 N–H and O–H groups in total. The van der Waals surface area contributed by atoms with Gasteiger partial charge in [-0.25, -0.2) is 0 Å². The summed E-state index contributed by atoms with van der Waals surface area (Å²) >= 11 is 6.45. The second-order valence-corrected chi connectivity index (χ2v) is 22.6. The van der Waals surface area contributed by atoms with Gasteiger partial charge in [-0.05, 0) is 0 Å². The van der Waals surface area contributed by atoms with Crippen LogP contribution in [0.25, 0.3) is 88.3 Å². The molecule has 6 heterocycles. The number of hydrogen-bond donors (Lipinski definition) is 6. The van der Waals surface area contributed by atoms with Gasteiger partial charge in [0, 0.05) is 0 Å². The fourth-order valence-electron chi connectivity index (χ4n) is 9.68. The first-order chi connectivity index (χ1) is 34.2. The Labute approximate surface area is 429 Å². The predicted octanol–water partition coefficient (Wildman–Crippen LogP) is 13.1. The summed E-state index contributed by atoms with van der Waals surface area (Å²) < 4.78 is 5.04. The van der Waals surface area contributed by atoms with Gasteiger partial charge >= 0.3 is 420 Å². The Balaban J connectivity index is 0.00000480. The Kier molecular flexibility index (Phi) is 11.1. The summed E-state index contributed by atoms with van der Waals surface area (Å²) in [4.78, 5) is 33.7. The Bertz CT molecular complexity index is 4100. The molecule has 336 valence electrons. The SMILES string of the molecule is [Cl-].c1ccc(Sc2cccc3c4[nH]c([nH]c5c6cccc(Sc7ccccc7)c6c6[nH]c7[nH]c([nH]c8c9cccc(Sc%10ccccc%10)c9c([nH]4)[n]8[Al+][n]56)c4c(Sc5ccccc5)cccc74)c23)cc1. The molecule has 6 bridgehead atoms. The Morgan fingerprint density at radius 3 is 0.914 bits per heavy atom. The van der Waals surface area contributed by atoms with Gasteiger partial charge in [-0.15, -0.1) is 0 Å². The number of rotatable bonds is 8. The van der Waals surface area contributed by atoms with Crippen LogP contribution in [0.5, 0.6) is 0 Å². The number of nitrogens with zero attached hydrogens (tertiary/aromatic N) is 2. The molecule has 0 aliphatic carbocycles. The third-order valence-corrected chi connectivity index (χ3v) is 18.4. The van der Waals surface area contributed by atoms with Crippen molar-refractivity contribution < 1.29 is 12.4 Å². The van der Waals surface area contributed by atoms with Crippen molar-refractivity contribution in [2.24, 2.45) is 0 Å². The van der Waals surface area contributed by atoms with E-state index in [1.165, 1.54) is 29.4 Å². The van der Waals surface area contributed by atoms with E-state index >= 15 is 0 Å². The predicted molar refractivity (Wildman–Crippen MR) is 291 cm³/mol. The number of aromatic amines is 6. The van der Waals surface area contributed by atoms with Crippen LogP contribution in [0.1, 0.15) is 0 Å². The van der Waals surface area contributed by atoms with Crippen molar-refractivity contribution >= 4 is 151 Å². The minimum absolute atomic E-state index is 0. The van der Waals surface area contributed by atoms with Crippen LogP contribution >= 0.6 is 47.0 Å². The van der Waals surface area contributed by atoms with Gasteiger partial charge in [0.1, 0.15) is 0 Å². The van der Waals surface area contributed by atoms with Crippen LogP contribution in [0.4, 0.5) is 0 Å². The summed E-state index contributed by atoms with van der Waals surface area (Å²) in [7, 11) is 0. The number of H-pyrrole nitrogens is 6. The molecule has 8 aromatic carbocycles. The van der Waals surface area contributed by atoms with Crippen molar-refractivity contribution in [3.8, 4) is 0 Å². The van der Waals surface area contributed by atoms with Crippen LogP contribution in [0.3, 0.4) is 0 Å². The summed E-state index contributed by atoms with van der Waals surface area (Å²) in [5.41, 5.74) is 7.79. The van der Waals surface area contributed by atoms with Gasteiger partial charge in [0.05, 0.1) is 0 Å². The maximum absolute atomic E-state index is 4.11. The van der Waals surface area contributed by atoms with Crippen molar-refractivity contribution in [3.05, 3.63) is 194 Å². The molecular weight excluding hydrogens is 975 g/mol. The van der Waals surface area contributed by atoms with Crippen LogP contribution in [0, 0.1) is 0 Å². The van der Waals surface area contributed by atoms with E-state index in [4.69, 9.17) is 0 Å². The summed E-state index contributed by atoms with van der Waals surface area (Å²) in [6.45, 7) is 0. The second kappa shape index (κ2) is 17.9. The zero-order valence-corrected chi connectivity index (χ0v) is 42.1. The van der Waals surface area contributed by atoms with E-state index in [9.17, 15) is 0 Å². The molecule has 0 spiro atoms. The van der Waals surface area contributed by atoms with Crippen molar-refractivity contribution in [1.29, 1.82) is 0 Å². The van der Waals surface area contributed by atoms with E-state index in [0.717, 1.165) is 98.1 Å². The van der Waals surface area contributed by atoms with E-state index < -0.39 is 15.2 Å². The van der Waals surface area contributed by atoms with Gasteiger partial charge in [-0.2, -0.15) is 0 Å². The third kappa shape index (κ3) is 7.43. The molecule has 0 aliphatic heterocycles. The topological polar surface area (TPSA) is 104 Å². The quantitative estimate of drug-likeness (QED) is 0.0854. The minimum atomic E-state index is -0.719. The van der Waals surface area contributed by atoms with Crippen LogP contribution in [0.2, 0.25) is 0 Å². The van der Waals surface area contributed by atoms with Crippen molar-refractivity contribution in [3.63, 3.8) is 0 Å². The number of halogens is 1. The molecule has 14 heteroatoms. The molecule has 0 fully saturated rings. The molecular formula is C56H38AlClN8S4. The Morgan fingerprint density at radius 1 is 0.271 bits per heavy atom. The molecule has 8 nitrogen and oxygen atoms in total. The van der Waals surface area contributed by atoms with Crippen LogP contribution < -0.4 is 12.4 Å². The van der Waals surface area contributed by atoms with E-state index in [1.807, 2.05) is 0 Å². The van der Waals surface area contributed by atoms with E-state index in [-0.39, 0.29) is 12.4 Å². The summed E-state index contributed by atoms with van der Waals surface area (Å²) in [5, 5.41) is 9.01. The summed E-state index contributed by atoms with van der Waals surface area (Å²) in [5.74, 6) is 0. The second-order valence-electron chi connectivity index (χ2n) is 16.9. The average Bonchev–Trinajstić information content (AvgIpc) is 4.10. The van der Waals surface area contributed by atoms with Crippen LogP contribution in [0.15, 0.2) is 233 Å². The maximum atomic E-state index is 4.11. The van der Waals surface area contributed by atoms with Crippen molar-refractivity contribution in [1.82, 2.24) is 36.6 Å².